The van der Waals surface area contributed by atoms with Gasteiger partial charge in [0.15, 0.2) is 0 Å². The van der Waals surface area contributed by atoms with Gasteiger partial charge in [-0.05, 0) is 13.8 Å². The van der Waals surface area contributed by atoms with Crippen molar-refractivity contribution < 1.29 is 21.7 Å². The van der Waals surface area contributed by atoms with E-state index in [-0.39, 0.29) is 12.5 Å². The van der Waals surface area contributed by atoms with Gasteiger partial charge in [-0.25, -0.2) is 0 Å². The monoisotopic (exact) mass is 420 g/mol. The summed E-state index contributed by atoms with van der Waals surface area (Å²) < 4.78 is 0. The summed E-state index contributed by atoms with van der Waals surface area (Å²) in [5.74, 6) is 0. The maximum atomic E-state index is 9.25. The summed E-state index contributed by atoms with van der Waals surface area (Å²) in [6.07, 6.45) is -0.720. The van der Waals surface area contributed by atoms with Crippen molar-refractivity contribution in [3.05, 3.63) is 0 Å². The fourth-order valence-corrected chi connectivity index (χ4v) is 1.48. The topological polar surface area (TPSA) is 46.9 Å². The van der Waals surface area contributed by atoms with Crippen LogP contribution >= 0.6 is 38.1 Å². The SMILES string of the molecule is CC(O)N1CCN(C(C)O)CC1.[Cl][Pd]([Cl])([Cl])[Cl]. The number of aliphatic hydroxyl groups excluding tert-OH is 2. The second-order valence-corrected chi connectivity index (χ2v) is 17.8. The molecule has 1 rings (SSSR count). The van der Waals surface area contributed by atoms with Crippen LogP contribution in [0.25, 0.3) is 0 Å². The van der Waals surface area contributed by atoms with Gasteiger partial charge in [-0.3, -0.25) is 9.80 Å². The van der Waals surface area contributed by atoms with Crippen LogP contribution in [0.15, 0.2) is 0 Å². The van der Waals surface area contributed by atoms with Crippen LogP contribution in [0.5, 0.6) is 0 Å². The van der Waals surface area contributed by atoms with E-state index in [4.69, 9.17) is 38.1 Å². The Morgan fingerprint density at radius 3 is 1.12 bits per heavy atom. The van der Waals surface area contributed by atoms with E-state index in [1.807, 2.05) is 9.80 Å². The molecule has 1 saturated heterocycles. The van der Waals surface area contributed by atoms with Crippen LogP contribution in [0, 0.1) is 0 Å². The van der Waals surface area contributed by atoms with Gasteiger partial charge in [0.25, 0.3) is 0 Å². The molecule has 1 aliphatic rings. The molecule has 0 saturated carbocycles. The van der Waals surface area contributed by atoms with Crippen LogP contribution in [0.4, 0.5) is 0 Å². The first kappa shape index (κ1) is 18.7. The van der Waals surface area contributed by atoms with Gasteiger partial charge in [0.05, 0.1) is 0 Å². The molecule has 17 heavy (non-hydrogen) atoms. The molecule has 1 heterocycles. The molecule has 0 bridgehead atoms. The Morgan fingerprint density at radius 2 is 1.00 bits per heavy atom. The molecular weight excluding hydrogens is 404 g/mol. The number of aliphatic hydroxyl groups is 2. The molecule has 0 aliphatic carbocycles. The molecule has 1 fully saturated rings. The van der Waals surface area contributed by atoms with E-state index in [0.717, 1.165) is 26.2 Å². The Kier molecular flexibility index (Phi) is 9.61. The van der Waals surface area contributed by atoms with Crippen LogP contribution in [0.1, 0.15) is 13.8 Å². The van der Waals surface area contributed by atoms with Crippen LogP contribution in [-0.4, -0.2) is 58.6 Å². The summed E-state index contributed by atoms with van der Waals surface area (Å²) in [5, 5.41) is 18.5. The first-order valence-corrected chi connectivity index (χ1v) is 12.9. The van der Waals surface area contributed by atoms with Crippen molar-refractivity contribution in [3.8, 4) is 0 Å². The zero-order valence-corrected chi connectivity index (χ0v) is 14.2. The molecule has 0 radical (unpaired) electrons. The van der Waals surface area contributed by atoms with E-state index in [1.54, 1.807) is 13.8 Å². The standard InChI is InChI=1S/C8H18N2O2.4ClH.Pd/c1-7(11)9-3-5-10(6-4-9)8(2)12;;;;;/h7-8,11-12H,3-6H2,1-2H3;4*1H;/q;;;;;+4/p-4. The van der Waals surface area contributed by atoms with Gasteiger partial charge in [0.2, 0.25) is 0 Å². The van der Waals surface area contributed by atoms with Crippen molar-refractivity contribution in [2.24, 2.45) is 0 Å². The number of rotatable bonds is 2. The summed E-state index contributed by atoms with van der Waals surface area (Å²) in [7, 11) is 19.9. The van der Waals surface area contributed by atoms with Crippen LogP contribution in [0.3, 0.4) is 0 Å². The summed E-state index contributed by atoms with van der Waals surface area (Å²) in [4.78, 5) is 4.00. The van der Waals surface area contributed by atoms with Gasteiger partial charge in [-0.2, -0.15) is 0 Å². The minimum absolute atomic E-state index is 0.360. The molecule has 2 unspecified atom stereocenters. The summed E-state index contributed by atoms with van der Waals surface area (Å²) in [6, 6.07) is 0. The molecule has 0 aromatic carbocycles. The molecule has 9 heteroatoms. The third-order valence-corrected chi connectivity index (χ3v) is 2.41. The van der Waals surface area contributed by atoms with Crippen molar-refractivity contribution in [1.29, 1.82) is 0 Å². The van der Waals surface area contributed by atoms with Gasteiger partial charge in [0, 0.05) is 26.2 Å². The zero-order chi connectivity index (χ0) is 13.6. The molecule has 0 amide bonds. The number of halogens is 4. The van der Waals surface area contributed by atoms with Crippen LogP contribution in [-0.2, 0) is 11.5 Å². The second-order valence-electron chi connectivity index (χ2n) is 3.61. The van der Waals surface area contributed by atoms with Crippen molar-refractivity contribution >= 4 is 38.1 Å². The average molecular weight is 422 g/mol. The summed E-state index contributed by atoms with van der Waals surface area (Å²) in [5.41, 5.74) is 0. The quantitative estimate of drug-likeness (QED) is 0.669. The van der Waals surface area contributed by atoms with E-state index in [9.17, 15) is 10.2 Å². The first-order valence-electron chi connectivity index (χ1n) is 4.93. The van der Waals surface area contributed by atoms with Crippen molar-refractivity contribution in [2.75, 3.05) is 26.2 Å². The van der Waals surface area contributed by atoms with E-state index < -0.39 is 11.5 Å². The molecule has 1 aliphatic heterocycles. The van der Waals surface area contributed by atoms with Crippen LogP contribution in [0.2, 0.25) is 0 Å². The van der Waals surface area contributed by atoms with Crippen molar-refractivity contribution in [1.82, 2.24) is 9.80 Å². The van der Waals surface area contributed by atoms with Gasteiger partial charge in [-0.1, -0.05) is 0 Å². The molecular formula is C8H18Cl4N2O2Pd. The second kappa shape index (κ2) is 8.76. The van der Waals surface area contributed by atoms with Gasteiger partial charge >= 0.3 is 49.6 Å². The summed E-state index contributed by atoms with van der Waals surface area (Å²) >= 11 is -2.81. The molecule has 0 aromatic heterocycles. The Balaban J connectivity index is 0.000000437. The number of nitrogens with zero attached hydrogens (tertiary/aromatic N) is 2. The van der Waals surface area contributed by atoms with Crippen LogP contribution < -0.4 is 0 Å². The van der Waals surface area contributed by atoms with E-state index in [0.29, 0.717) is 0 Å². The number of hydrogen-bond acceptors (Lipinski definition) is 4. The normalized spacial score (nSPS) is 23.5. The van der Waals surface area contributed by atoms with Gasteiger partial charge in [-0.15, -0.1) is 0 Å². The molecule has 2 atom stereocenters. The first-order chi connectivity index (χ1) is 7.61. The minimum atomic E-state index is -2.81. The molecule has 4 nitrogen and oxygen atoms in total. The summed E-state index contributed by atoms with van der Waals surface area (Å²) in [6.45, 7) is 6.90. The fourth-order valence-electron chi connectivity index (χ4n) is 1.48. The predicted octanol–water partition coefficient (Wildman–Crippen LogP) is 2.04. The predicted molar refractivity (Wildman–Crippen MR) is 69.9 cm³/mol. The van der Waals surface area contributed by atoms with E-state index in [1.165, 1.54) is 0 Å². The third kappa shape index (κ3) is 11.2. The maximum absolute atomic E-state index is 9.25. The van der Waals surface area contributed by atoms with E-state index >= 15 is 0 Å². The Morgan fingerprint density at radius 1 is 0.824 bits per heavy atom. The van der Waals surface area contributed by atoms with Gasteiger partial charge < -0.3 is 10.2 Å². The molecule has 0 spiro atoms. The zero-order valence-electron chi connectivity index (χ0n) is 9.60. The Labute approximate surface area is 121 Å². The van der Waals surface area contributed by atoms with Crippen molar-refractivity contribution in [2.45, 2.75) is 26.3 Å². The van der Waals surface area contributed by atoms with Crippen molar-refractivity contribution in [3.63, 3.8) is 0 Å². The van der Waals surface area contributed by atoms with E-state index in [2.05, 4.69) is 0 Å². The molecule has 0 aromatic rings. The molecule has 110 valence electrons. The number of piperazine rings is 1. The Bertz CT molecular complexity index is 186. The molecule has 2 N–H and O–H groups in total. The fraction of sp³-hybridized carbons (Fsp3) is 1.00. The number of hydrogen-bond donors (Lipinski definition) is 2. The Hall–Kier alpha value is 1.66. The third-order valence-electron chi connectivity index (χ3n) is 2.41. The van der Waals surface area contributed by atoms with Gasteiger partial charge in [0.1, 0.15) is 12.5 Å². The average Bonchev–Trinajstić information content (AvgIpc) is 2.15.